The van der Waals surface area contributed by atoms with E-state index in [2.05, 4.69) is 133 Å². The second-order valence-electron chi connectivity index (χ2n) is 13.3. The molecule has 8 rings (SSSR count). The van der Waals surface area contributed by atoms with E-state index in [1.807, 2.05) is 24.3 Å². The highest BCUT2D eigenvalue weighted by atomic mass is 16.5. The Kier molecular flexibility index (Phi) is 8.79. The highest BCUT2D eigenvalue weighted by molar-refractivity contribution is 6.11. The highest BCUT2D eigenvalue weighted by Crippen LogP contribution is 2.51. The first-order valence-corrected chi connectivity index (χ1v) is 17.5. The van der Waals surface area contributed by atoms with Crippen LogP contribution in [0.2, 0.25) is 0 Å². The summed E-state index contributed by atoms with van der Waals surface area (Å²) in [5.74, 6) is 1.62. The molecule has 0 radical (unpaired) electrons. The van der Waals surface area contributed by atoms with Gasteiger partial charge in [-0.05, 0) is 121 Å². The summed E-state index contributed by atoms with van der Waals surface area (Å²) in [6.45, 7) is 4.23. The first-order valence-electron chi connectivity index (χ1n) is 17.5. The lowest BCUT2D eigenvalue weighted by molar-refractivity contribution is 0.142. The number of nitrogens with zero attached hydrogens (tertiary/aromatic N) is 2. The number of hydrogen-bond donors (Lipinski definition) is 0. The van der Waals surface area contributed by atoms with Crippen LogP contribution in [0.1, 0.15) is 45.6 Å². The van der Waals surface area contributed by atoms with Crippen LogP contribution in [-0.2, 0) is 9.47 Å². The molecule has 6 aromatic carbocycles. The minimum Gasteiger partial charge on any atom is -0.497 e. The van der Waals surface area contributed by atoms with Gasteiger partial charge in [0.2, 0.25) is 0 Å². The Hall–Kier alpha value is -5.82. The van der Waals surface area contributed by atoms with E-state index in [9.17, 15) is 0 Å². The molecule has 0 heterocycles. The molecule has 0 fully saturated rings. The minimum atomic E-state index is -0.275. The molecule has 0 N–H and O–H groups in total. The molecule has 0 aliphatic heterocycles. The zero-order valence-corrected chi connectivity index (χ0v) is 30.4. The van der Waals surface area contributed by atoms with E-state index < -0.39 is 0 Å². The summed E-state index contributed by atoms with van der Waals surface area (Å²) in [5, 5.41) is 2.33. The minimum absolute atomic E-state index is 0.275. The Labute approximate surface area is 305 Å². The molecule has 6 heteroatoms. The fourth-order valence-electron chi connectivity index (χ4n) is 7.58. The average Bonchev–Trinajstić information content (AvgIpc) is 3.19. The monoisotopic (exact) mass is 686 g/mol. The number of methoxy groups -OCH3 is 4. The van der Waals surface area contributed by atoms with Crippen molar-refractivity contribution in [3.63, 3.8) is 0 Å². The molecule has 2 unspecified atom stereocenters. The van der Waals surface area contributed by atoms with Gasteiger partial charge in [-0.2, -0.15) is 0 Å². The summed E-state index contributed by atoms with van der Waals surface area (Å²) in [6.07, 6.45) is 3.94. The van der Waals surface area contributed by atoms with E-state index in [4.69, 9.17) is 18.9 Å². The topological polar surface area (TPSA) is 43.4 Å². The number of hydrogen-bond acceptors (Lipinski definition) is 6. The van der Waals surface area contributed by atoms with Gasteiger partial charge in [0.1, 0.15) is 23.7 Å². The summed E-state index contributed by atoms with van der Waals surface area (Å²) in [5.41, 5.74) is 13.2. The van der Waals surface area contributed by atoms with Gasteiger partial charge in [-0.3, -0.25) is 0 Å². The molecule has 52 heavy (non-hydrogen) atoms. The van der Waals surface area contributed by atoms with Crippen LogP contribution in [0.4, 0.5) is 22.7 Å². The molecule has 2 aliphatic carbocycles. The van der Waals surface area contributed by atoms with Gasteiger partial charge in [0.25, 0.3) is 0 Å². The lowest BCUT2D eigenvalue weighted by atomic mass is 9.80. The van der Waals surface area contributed by atoms with Crippen molar-refractivity contribution in [1.82, 2.24) is 0 Å². The van der Waals surface area contributed by atoms with Gasteiger partial charge < -0.3 is 28.7 Å². The van der Waals surface area contributed by atoms with Gasteiger partial charge in [-0.15, -0.1) is 0 Å². The lowest BCUT2D eigenvalue weighted by Crippen LogP contribution is -2.23. The molecule has 2 atom stereocenters. The standard InChI is InChI=1S/C46H42N2O4/c1-29-7-11-31(12-8-29)47(33-15-19-35(49-3)20-16-33)41-27-43(51-5)39-26-24-38-42(28-44(52-6)40-25-23-37(41)45(39)46(38)40)48(32-13-9-30(2)10-14-32)34-17-21-36(50-4)22-18-34/h7-28,43-44H,1-6H3. The van der Waals surface area contributed by atoms with Crippen molar-refractivity contribution in [3.05, 3.63) is 167 Å². The van der Waals surface area contributed by atoms with E-state index in [1.165, 1.54) is 11.1 Å². The predicted molar refractivity (Wildman–Crippen MR) is 212 cm³/mol. The summed E-state index contributed by atoms with van der Waals surface area (Å²) in [7, 11) is 6.96. The third-order valence-electron chi connectivity index (χ3n) is 10.2. The molecule has 0 spiro atoms. The first kappa shape index (κ1) is 33.3. The summed E-state index contributed by atoms with van der Waals surface area (Å²) < 4.78 is 23.6. The van der Waals surface area contributed by atoms with Crippen molar-refractivity contribution >= 4 is 44.9 Å². The number of ether oxygens (including phenoxy) is 4. The lowest BCUT2D eigenvalue weighted by Gasteiger charge is -2.37. The summed E-state index contributed by atoms with van der Waals surface area (Å²) >= 11 is 0. The smallest absolute Gasteiger partial charge is 0.119 e. The fraction of sp³-hybridized carbons (Fsp3) is 0.174. The summed E-state index contributed by atoms with van der Waals surface area (Å²) in [4.78, 5) is 4.64. The maximum Gasteiger partial charge on any atom is 0.119 e. The molecule has 0 bridgehead atoms. The zero-order chi connectivity index (χ0) is 35.9. The van der Waals surface area contributed by atoms with Crippen molar-refractivity contribution in [2.24, 2.45) is 0 Å². The van der Waals surface area contributed by atoms with E-state index >= 15 is 0 Å². The van der Waals surface area contributed by atoms with Crippen LogP contribution in [0.25, 0.3) is 22.2 Å². The van der Waals surface area contributed by atoms with E-state index in [-0.39, 0.29) is 12.2 Å². The van der Waals surface area contributed by atoms with E-state index in [1.54, 1.807) is 28.4 Å². The van der Waals surface area contributed by atoms with Crippen molar-refractivity contribution in [2.45, 2.75) is 26.1 Å². The van der Waals surface area contributed by atoms with Gasteiger partial charge in [-0.1, -0.05) is 59.7 Å². The normalized spacial score (nSPS) is 15.9. The SMILES string of the molecule is COc1ccc(N(C2=CC(OC)c3ccc4c5c(ccc2c35)C(OC)C=C4N(c2ccc(C)cc2)c2ccc(OC)cc2)c2ccc(C)cc2)cc1. The Morgan fingerprint density at radius 1 is 0.404 bits per heavy atom. The molecule has 0 amide bonds. The molecular formula is C46H42N2O4. The highest BCUT2D eigenvalue weighted by Gasteiger charge is 2.34. The molecule has 0 saturated heterocycles. The fourth-order valence-corrected chi connectivity index (χ4v) is 7.58. The van der Waals surface area contributed by atoms with Crippen molar-refractivity contribution < 1.29 is 18.9 Å². The van der Waals surface area contributed by atoms with Gasteiger partial charge >= 0.3 is 0 Å². The number of rotatable bonds is 10. The van der Waals surface area contributed by atoms with Crippen LogP contribution in [0, 0.1) is 13.8 Å². The molecule has 0 aromatic heterocycles. The maximum atomic E-state index is 6.29. The quantitative estimate of drug-likeness (QED) is 0.143. The van der Waals surface area contributed by atoms with Gasteiger partial charge in [0.05, 0.1) is 25.6 Å². The van der Waals surface area contributed by atoms with Gasteiger partial charge in [0, 0.05) is 48.1 Å². The third-order valence-corrected chi connectivity index (χ3v) is 10.2. The Balaban J connectivity index is 1.37. The average molecular weight is 687 g/mol. The van der Waals surface area contributed by atoms with Gasteiger partial charge in [0.15, 0.2) is 0 Å². The van der Waals surface area contributed by atoms with Crippen molar-refractivity contribution in [3.8, 4) is 11.5 Å². The van der Waals surface area contributed by atoms with Crippen LogP contribution in [0.3, 0.4) is 0 Å². The molecule has 6 nitrogen and oxygen atoms in total. The predicted octanol–water partition coefficient (Wildman–Crippen LogP) is 11.2. The number of aryl methyl sites for hydroxylation is 2. The Morgan fingerprint density at radius 3 is 1.04 bits per heavy atom. The van der Waals surface area contributed by atoms with E-state index in [0.717, 1.165) is 78.7 Å². The Bertz CT molecular complexity index is 2140. The maximum absolute atomic E-state index is 6.29. The van der Waals surface area contributed by atoms with Crippen LogP contribution in [0.15, 0.2) is 133 Å². The van der Waals surface area contributed by atoms with Gasteiger partial charge in [-0.25, -0.2) is 0 Å². The van der Waals surface area contributed by atoms with Crippen molar-refractivity contribution in [2.75, 3.05) is 38.2 Å². The largest absolute Gasteiger partial charge is 0.497 e. The first-order chi connectivity index (χ1) is 25.4. The van der Waals surface area contributed by atoms with Crippen LogP contribution >= 0.6 is 0 Å². The van der Waals surface area contributed by atoms with Crippen LogP contribution in [0.5, 0.6) is 11.5 Å². The second-order valence-corrected chi connectivity index (χ2v) is 13.3. The molecule has 6 aromatic rings. The van der Waals surface area contributed by atoms with Crippen LogP contribution < -0.4 is 19.3 Å². The van der Waals surface area contributed by atoms with Crippen molar-refractivity contribution in [1.29, 1.82) is 0 Å². The molecular weight excluding hydrogens is 645 g/mol. The zero-order valence-electron chi connectivity index (χ0n) is 30.4. The number of anilines is 4. The van der Waals surface area contributed by atoms with E-state index in [0.29, 0.717) is 0 Å². The second kappa shape index (κ2) is 13.7. The molecule has 260 valence electrons. The molecule has 0 saturated carbocycles. The Morgan fingerprint density at radius 2 is 0.731 bits per heavy atom. The third kappa shape index (κ3) is 5.70. The van der Waals surface area contributed by atoms with Crippen LogP contribution in [-0.4, -0.2) is 28.4 Å². The summed E-state index contributed by atoms with van der Waals surface area (Å²) in [6, 6.07) is 42.8. The number of benzene rings is 6. The molecule has 2 aliphatic rings.